The second-order valence-electron chi connectivity index (χ2n) is 4.47. The molecular formula is C16H13Br. The first-order chi connectivity index (χ1) is 8.25. The highest BCUT2D eigenvalue weighted by Crippen LogP contribution is 2.39. The summed E-state index contributed by atoms with van der Waals surface area (Å²) in [5.41, 5.74) is 5.42. The number of halogens is 1. The fourth-order valence-electron chi connectivity index (χ4n) is 2.49. The van der Waals surface area contributed by atoms with E-state index in [9.17, 15) is 0 Å². The molecule has 84 valence electrons. The van der Waals surface area contributed by atoms with Gasteiger partial charge in [0, 0.05) is 10.4 Å². The molecule has 0 saturated heterocycles. The summed E-state index contributed by atoms with van der Waals surface area (Å²) in [6.07, 6.45) is 4.49. The van der Waals surface area contributed by atoms with Crippen molar-refractivity contribution in [1.29, 1.82) is 0 Å². The van der Waals surface area contributed by atoms with E-state index < -0.39 is 0 Å². The Morgan fingerprint density at radius 1 is 1.06 bits per heavy atom. The van der Waals surface area contributed by atoms with Crippen molar-refractivity contribution in [2.45, 2.75) is 12.8 Å². The first kappa shape index (κ1) is 10.8. The van der Waals surface area contributed by atoms with Gasteiger partial charge in [-0.2, -0.15) is 0 Å². The van der Waals surface area contributed by atoms with E-state index in [0.717, 1.165) is 4.47 Å². The van der Waals surface area contributed by atoms with Gasteiger partial charge in [0.2, 0.25) is 0 Å². The Morgan fingerprint density at radius 3 is 2.59 bits per heavy atom. The Labute approximate surface area is 110 Å². The molecule has 0 heterocycles. The van der Waals surface area contributed by atoms with Gasteiger partial charge in [-0.25, -0.2) is 0 Å². The van der Waals surface area contributed by atoms with Crippen LogP contribution < -0.4 is 0 Å². The molecule has 0 aromatic heterocycles. The Kier molecular flexibility index (Phi) is 2.64. The molecule has 1 aliphatic rings. The van der Waals surface area contributed by atoms with Crippen molar-refractivity contribution in [2.24, 2.45) is 0 Å². The van der Waals surface area contributed by atoms with Crippen LogP contribution in [0.4, 0.5) is 0 Å². The molecular weight excluding hydrogens is 272 g/mol. The summed E-state index contributed by atoms with van der Waals surface area (Å²) in [6, 6.07) is 15.0. The first-order valence-electron chi connectivity index (χ1n) is 5.83. The van der Waals surface area contributed by atoms with Crippen molar-refractivity contribution in [3.8, 4) is 11.1 Å². The average molecular weight is 285 g/mol. The molecule has 0 aliphatic heterocycles. The SMILES string of the molecule is CC1C=Cc2cc(Br)cc(-c3ccccc3)c21. The maximum atomic E-state index is 3.60. The molecule has 0 radical (unpaired) electrons. The van der Waals surface area contributed by atoms with Crippen LogP contribution in [0, 0.1) is 0 Å². The van der Waals surface area contributed by atoms with Gasteiger partial charge in [0.25, 0.3) is 0 Å². The molecule has 17 heavy (non-hydrogen) atoms. The van der Waals surface area contributed by atoms with Crippen LogP contribution in [0.1, 0.15) is 24.0 Å². The molecule has 1 atom stereocenters. The van der Waals surface area contributed by atoms with Crippen LogP contribution in [0.2, 0.25) is 0 Å². The van der Waals surface area contributed by atoms with Crippen LogP contribution in [0.3, 0.4) is 0 Å². The largest absolute Gasteiger partial charge is 0.0766 e. The standard InChI is InChI=1S/C16H13Br/c1-11-7-8-13-9-14(17)10-15(16(11)13)12-5-3-2-4-6-12/h2-11H,1H3. The lowest BCUT2D eigenvalue weighted by Gasteiger charge is -2.13. The van der Waals surface area contributed by atoms with Crippen molar-refractivity contribution < 1.29 is 0 Å². The number of benzene rings is 2. The fourth-order valence-corrected chi connectivity index (χ4v) is 2.96. The van der Waals surface area contributed by atoms with E-state index in [2.05, 4.69) is 77.5 Å². The van der Waals surface area contributed by atoms with E-state index in [1.54, 1.807) is 0 Å². The van der Waals surface area contributed by atoms with Gasteiger partial charge in [0.15, 0.2) is 0 Å². The smallest absolute Gasteiger partial charge is 0.0187 e. The lowest BCUT2D eigenvalue weighted by atomic mass is 9.92. The van der Waals surface area contributed by atoms with E-state index in [1.165, 1.54) is 22.3 Å². The van der Waals surface area contributed by atoms with Crippen LogP contribution in [-0.4, -0.2) is 0 Å². The van der Waals surface area contributed by atoms with Crippen molar-refractivity contribution in [3.63, 3.8) is 0 Å². The molecule has 0 saturated carbocycles. The van der Waals surface area contributed by atoms with Gasteiger partial charge in [0.05, 0.1) is 0 Å². The van der Waals surface area contributed by atoms with E-state index in [1.807, 2.05) is 0 Å². The minimum absolute atomic E-state index is 0.508. The third-order valence-corrected chi connectivity index (χ3v) is 3.74. The highest BCUT2D eigenvalue weighted by Gasteiger charge is 2.18. The molecule has 1 aliphatic carbocycles. The number of allylic oxidation sites excluding steroid dienone is 1. The minimum atomic E-state index is 0.508. The summed E-state index contributed by atoms with van der Waals surface area (Å²) in [5, 5.41) is 0. The second-order valence-corrected chi connectivity index (χ2v) is 5.39. The zero-order valence-electron chi connectivity index (χ0n) is 9.65. The molecule has 0 spiro atoms. The molecule has 0 N–H and O–H groups in total. The van der Waals surface area contributed by atoms with E-state index in [0.29, 0.717) is 5.92 Å². The average Bonchev–Trinajstić information content (AvgIpc) is 2.71. The predicted molar refractivity (Wildman–Crippen MR) is 77.0 cm³/mol. The van der Waals surface area contributed by atoms with Gasteiger partial charge < -0.3 is 0 Å². The van der Waals surface area contributed by atoms with Crippen LogP contribution in [0.15, 0.2) is 53.0 Å². The van der Waals surface area contributed by atoms with Gasteiger partial charge in [-0.3, -0.25) is 0 Å². The van der Waals surface area contributed by atoms with Gasteiger partial charge in [-0.15, -0.1) is 0 Å². The fraction of sp³-hybridized carbons (Fsp3) is 0.125. The normalized spacial score (nSPS) is 17.2. The number of rotatable bonds is 1. The Bertz CT molecular complexity index is 582. The van der Waals surface area contributed by atoms with Crippen LogP contribution in [-0.2, 0) is 0 Å². The maximum Gasteiger partial charge on any atom is 0.0187 e. The molecule has 1 unspecified atom stereocenters. The van der Waals surface area contributed by atoms with Crippen LogP contribution in [0.5, 0.6) is 0 Å². The lowest BCUT2D eigenvalue weighted by molar-refractivity contribution is 0.992. The van der Waals surface area contributed by atoms with Crippen LogP contribution in [0.25, 0.3) is 17.2 Å². The summed E-state index contributed by atoms with van der Waals surface area (Å²) < 4.78 is 1.15. The molecule has 2 aromatic rings. The highest BCUT2D eigenvalue weighted by molar-refractivity contribution is 9.10. The number of hydrogen-bond donors (Lipinski definition) is 0. The highest BCUT2D eigenvalue weighted by atomic mass is 79.9. The second kappa shape index (κ2) is 4.15. The van der Waals surface area contributed by atoms with Gasteiger partial charge >= 0.3 is 0 Å². The van der Waals surface area contributed by atoms with Crippen molar-refractivity contribution in [1.82, 2.24) is 0 Å². The molecule has 0 nitrogen and oxygen atoms in total. The Balaban J connectivity index is 2.25. The van der Waals surface area contributed by atoms with Crippen LogP contribution >= 0.6 is 15.9 Å². The zero-order valence-corrected chi connectivity index (χ0v) is 11.2. The lowest BCUT2D eigenvalue weighted by Crippen LogP contribution is -1.93. The summed E-state index contributed by atoms with van der Waals surface area (Å²) in [7, 11) is 0. The van der Waals surface area contributed by atoms with E-state index in [-0.39, 0.29) is 0 Å². The quantitative estimate of drug-likeness (QED) is 0.671. The number of fused-ring (bicyclic) bond motifs is 1. The predicted octanol–water partition coefficient (Wildman–Crippen LogP) is 5.25. The number of hydrogen-bond acceptors (Lipinski definition) is 0. The molecule has 0 bridgehead atoms. The molecule has 1 heteroatoms. The van der Waals surface area contributed by atoms with Gasteiger partial charge in [-0.05, 0) is 34.4 Å². The minimum Gasteiger partial charge on any atom is -0.0766 e. The topological polar surface area (TPSA) is 0 Å². The Morgan fingerprint density at radius 2 is 1.82 bits per heavy atom. The van der Waals surface area contributed by atoms with Gasteiger partial charge in [-0.1, -0.05) is 65.3 Å². The van der Waals surface area contributed by atoms with Gasteiger partial charge in [0.1, 0.15) is 0 Å². The molecule has 0 amide bonds. The first-order valence-corrected chi connectivity index (χ1v) is 6.62. The Hall–Kier alpha value is -1.34. The molecule has 3 rings (SSSR count). The maximum absolute atomic E-state index is 3.60. The third-order valence-electron chi connectivity index (χ3n) is 3.28. The molecule has 0 fully saturated rings. The zero-order chi connectivity index (χ0) is 11.8. The van der Waals surface area contributed by atoms with E-state index >= 15 is 0 Å². The van der Waals surface area contributed by atoms with Crippen molar-refractivity contribution in [2.75, 3.05) is 0 Å². The monoisotopic (exact) mass is 284 g/mol. The van der Waals surface area contributed by atoms with Crippen molar-refractivity contribution in [3.05, 3.63) is 64.1 Å². The molecule has 2 aromatic carbocycles. The third kappa shape index (κ3) is 1.85. The van der Waals surface area contributed by atoms with E-state index in [4.69, 9.17) is 0 Å². The summed E-state index contributed by atoms with van der Waals surface area (Å²) in [4.78, 5) is 0. The summed E-state index contributed by atoms with van der Waals surface area (Å²) >= 11 is 3.60. The summed E-state index contributed by atoms with van der Waals surface area (Å²) in [6.45, 7) is 2.25. The summed E-state index contributed by atoms with van der Waals surface area (Å²) in [5.74, 6) is 0.508. The van der Waals surface area contributed by atoms with Crippen molar-refractivity contribution >= 4 is 22.0 Å².